The smallest absolute Gasteiger partial charge is 0.0374 e. The Balaban J connectivity index is 1.65. The third-order valence-corrected chi connectivity index (χ3v) is 4.76. The van der Waals surface area contributed by atoms with Crippen LogP contribution in [0.1, 0.15) is 49.7 Å². The summed E-state index contributed by atoms with van der Waals surface area (Å²) in [6.07, 6.45) is 8.66. The van der Waals surface area contributed by atoms with Gasteiger partial charge in [0, 0.05) is 11.7 Å². The number of anilines is 1. The highest BCUT2D eigenvalue weighted by Crippen LogP contribution is 2.44. The van der Waals surface area contributed by atoms with Crippen LogP contribution in [0.2, 0.25) is 0 Å². The third kappa shape index (κ3) is 2.71. The first-order valence-electron chi connectivity index (χ1n) is 7.56. The van der Waals surface area contributed by atoms with E-state index in [1.54, 1.807) is 0 Å². The van der Waals surface area contributed by atoms with Gasteiger partial charge in [-0.1, -0.05) is 25.0 Å². The molecule has 98 valence electrons. The summed E-state index contributed by atoms with van der Waals surface area (Å²) in [6.45, 7) is 4.39. The number of hydrogen-bond donors (Lipinski definition) is 1. The first-order valence-corrected chi connectivity index (χ1v) is 7.56. The number of benzene rings is 1. The molecule has 0 aliphatic heterocycles. The molecule has 1 aromatic carbocycles. The van der Waals surface area contributed by atoms with Gasteiger partial charge >= 0.3 is 0 Å². The van der Waals surface area contributed by atoms with Crippen molar-refractivity contribution in [1.82, 2.24) is 0 Å². The lowest BCUT2D eigenvalue weighted by atomic mass is 9.82. The highest BCUT2D eigenvalue weighted by Gasteiger charge is 2.34. The quantitative estimate of drug-likeness (QED) is 0.812. The van der Waals surface area contributed by atoms with Crippen LogP contribution in [0, 0.1) is 25.7 Å². The lowest BCUT2D eigenvalue weighted by molar-refractivity contribution is 0.303. The van der Waals surface area contributed by atoms with Crippen LogP contribution in [0.3, 0.4) is 0 Å². The van der Waals surface area contributed by atoms with Crippen LogP contribution in [0.15, 0.2) is 18.2 Å². The molecule has 0 radical (unpaired) electrons. The van der Waals surface area contributed by atoms with E-state index in [1.807, 2.05) is 0 Å². The summed E-state index contributed by atoms with van der Waals surface area (Å²) >= 11 is 0. The molecule has 0 heterocycles. The van der Waals surface area contributed by atoms with Crippen LogP contribution >= 0.6 is 0 Å². The normalized spacial score (nSPS) is 28.1. The maximum atomic E-state index is 3.80. The van der Waals surface area contributed by atoms with E-state index in [4.69, 9.17) is 0 Å². The van der Waals surface area contributed by atoms with Crippen molar-refractivity contribution in [3.05, 3.63) is 29.3 Å². The van der Waals surface area contributed by atoms with Crippen LogP contribution in [0.4, 0.5) is 5.69 Å². The molecule has 2 aliphatic carbocycles. The zero-order chi connectivity index (χ0) is 12.5. The molecule has 1 aromatic rings. The summed E-state index contributed by atoms with van der Waals surface area (Å²) in [5.41, 5.74) is 4.10. The van der Waals surface area contributed by atoms with Gasteiger partial charge < -0.3 is 5.32 Å². The van der Waals surface area contributed by atoms with Crippen molar-refractivity contribution >= 4 is 5.69 Å². The molecule has 2 fully saturated rings. The Labute approximate surface area is 111 Å². The molecule has 2 aliphatic rings. The summed E-state index contributed by atoms with van der Waals surface area (Å²) in [5.74, 6) is 2.09. The monoisotopic (exact) mass is 243 g/mol. The minimum absolute atomic E-state index is 0.713. The van der Waals surface area contributed by atoms with E-state index >= 15 is 0 Å². The van der Waals surface area contributed by atoms with Crippen molar-refractivity contribution in [3.8, 4) is 0 Å². The number of hydrogen-bond acceptors (Lipinski definition) is 1. The molecule has 1 nitrogen and oxygen atoms in total. The van der Waals surface area contributed by atoms with Crippen molar-refractivity contribution in [2.45, 2.75) is 58.4 Å². The Bertz CT molecular complexity index is 420. The van der Waals surface area contributed by atoms with Gasteiger partial charge in [-0.2, -0.15) is 0 Å². The molecule has 2 atom stereocenters. The van der Waals surface area contributed by atoms with E-state index in [1.165, 1.54) is 55.3 Å². The van der Waals surface area contributed by atoms with Gasteiger partial charge in [-0.15, -0.1) is 0 Å². The maximum absolute atomic E-state index is 3.80. The summed E-state index contributed by atoms with van der Waals surface area (Å²) < 4.78 is 0. The third-order valence-electron chi connectivity index (χ3n) is 4.76. The zero-order valence-electron chi connectivity index (χ0n) is 11.7. The molecule has 0 spiro atoms. The maximum Gasteiger partial charge on any atom is 0.0374 e. The van der Waals surface area contributed by atoms with E-state index in [-0.39, 0.29) is 0 Å². The predicted molar refractivity (Wildman–Crippen MR) is 78.0 cm³/mol. The molecule has 2 unspecified atom stereocenters. The van der Waals surface area contributed by atoms with Crippen molar-refractivity contribution in [1.29, 1.82) is 0 Å². The molecule has 1 heteroatoms. The van der Waals surface area contributed by atoms with Crippen molar-refractivity contribution in [2.24, 2.45) is 11.8 Å². The highest BCUT2D eigenvalue weighted by atomic mass is 14.9. The van der Waals surface area contributed by atoms with E-state index in [9.17, 15) is 0 Å². The van der Waals surface area contributed by atoms with Crippen LogP contribution in [-0.4, -0.2) is 6.04 Å². The Morgan fingerprint density at radius 3 is 2.61 bits per heavy atom. The van der Waals surface area contributed by atoms with Gasteiger partial charge in [-0.25, -0.2) is 0 Å². The van der Waals surface area contributed by atoms with Crippen LogP contribution < -0.4 is 5.32 Å². The summed E-state index contributed by atoms with van der Waals surface area (Å²) in [7, 11) is 0. The second-order valence-electron chi connectivity index (χ2n) is 6.42. The van der Waals surface area contributed by atoms with Gasteiger partial charge in [0.05, 0.1) is 0 Å². The molecule has 0 aromatic heterocycles. The lowest BCUT2D eigenvalue weighted by Crippen LogP contribution is -2.28. The van der Waals surface area contributed by atoms with Crippen LogP contribution in [-0.2, 0) is 0 Å². The van der Waals surface area contributed by atoms with Gasteiger partial charge in [0.25, 0.3) is 0 Å². The fourth-order valence-electron chi connectivity index (χ4n) is 3.47. The summed E-state index contributed by atoms with van der Waals surface area (Å²) in [5, 5.41) is 3.80. The lowest BCUT2D eigenvalue weighted by Gasteiger charge is -2.31. The minimum atomic E-state index is 0.713. The Hall–Kier alpha value is -0.980. The second kappa shape index (κ2) is 4.95. The average Bonchev–Trinajstić information content (AvgIpc) is 3.18. The molecule has 2 saturated carbocycles. The molecular formula is C17H25N. The first-order chi connectivity index (χ1) is 8.72. The van der Waals surface area contributed by atoms with Gasteiger partial charge in [-0.05, 0) is 68.6 Å². The highest BCUT2D eigenvalue weighted by molar-refractivity contribution is 5.53. The SMILES string of the molecule is Cc1ccc(C)c(NC2CCCC(C3CC3)C2)c1. The number of nitrogens with one attached hydrogen (secondary N) is 1. The largest absolute Gasteiger partial charge is 0.382 e. The minimum Gasteiger partial charge on any atom is -0.382 e. The van der Waals surface area contributed by atoms with E-state index in [2.05, 4.69) is 37.4 Å². The van der Waals surface area contributed by atoms with E-state index in [0.717, 1.165) is 11.8 Å². The van der Waals surface area contributed by atoms with Crippen molar-refractivity contribution < 1.29 is 0 Å². The van der Waals surface area contributed by atoms with E-state index in [0.29, 0.717) is 6.04 Å². The molecule has 18 heavy (non-hydrogen) atoms. The molecule has 0 amide bonds. The number of aryl methyl sites for hydroxylation is 2. The Morgan fingerprint density at radius 1 is 1.00 bits per heavy atom. The van der Waals surface area contributed by atoms with Gasteiger partial charge in [-0.3, -0.25) is 0 Å². The molecule has 0 bridgehead atoms. The van der Waals surface area contributed by atoms with Gasteiger partial charge in [0.1, 0.15) is 0 Å². The standard InChI is InChI=1S/C17H25N/c1-12-6-7-13(2)17(10-12)18-16-5-3-4-15(11-16)14-8-9-14/h6-7,10,14-16,18H,3-5,8-9,11H2,1-2H3. The summed E-state index contributed by atoms with van der Waals surface area (Å²) in [4.78, 5) is 0. The molecular weight excluding hydrogens is 218 g/mol. The van der Waals surface area contributed by atoms with Crippen molar-refractivity contribution in [3.63, 3.8) is 0 Å². The summed E-state index contributed by atoms with van der Waals surface area (Å²) in [6, 6.07) is 7.45. The predicted octanol–water partition coefficient (Wildman–Crippen LogP) is 4.68. The first kappa shape index (κ1) is 12.1. The van der Waals surface area contributed by atoms with E-state index < -0.39 is 0 Å². The van der Waals surface area contributed by atoms with Crippen molar-refractivity contribution in [2.75, 3.05) is 5.32 Å². The van der Waals surface area contributed by atoms with Gasteiger partial charge in [0.2, 0.25) is 0 Å². The fraction of sp³-hybridized carbons (Fsp3) is 0.647. The average molecular weight is 243 g/mol. The van der Waals surface area contributed by atoms with Crippen LogP contribution in [0.5, 0.6) is 0 Å². The zero-order valence-corrected chi connectivity index (χ0v) is 11.7. The number of rotatable bonds is 3. The molecule has 3 rings (SSSR count). The topological polar surface area (TPSA) is 12.0 Å². The Kier molecular flexibility index (Phi) is 3.32. The fourth-order valence-corrected chi connectivity index (χ4v) is 3.47. The molecule has 1 N–H and O–H groups in total. The molecule has 0 saturated heterocycles. The van der Waals surface area contributed by atoms with Crippen LogP contribution in [0.25, 0.3) is 0 Å². The second-order valence-corrected chi connectivity index (χ2v) is 6.42. The Morgan fingerprint density at radius 2 is 1.83 bits per heavy atom. The van der Waals surface area contributed by atoms with Gasteiger partial charge in [0.15, 0.2) is 0 Å².